The van der Waals surface area contributed by atoms with E-state index in [1.807, 2.05) is 31.2 Å². The van der Waals surface area contributed by atoms with Crippen LogP contribution in [0.3, 0.4) is 0 Å². The fourth-order valence-corrected chi connectivity index (χ4v) is 1.55. The summed E-state index contributed by atoms with van der Waals surface area (Å²) < 4.78 is 5.31. The zero-order chi connectivity index (χ0) is 13.0. The van der Waals surface area contributed by atoms with Gasteiger partial charge in [0.15, 0.2) is 0 Å². The zero-order valence-corrected chi connectivity index (χ0v) is 10.4. The number of amides is 1. The largest absolute Gasteiger partial charge is 0.434 e. The van der Waals surface area contributed by atoms with Crippen LogP contribution in [0.5, 0.6) is 0 Å². The van der Waals surface area contributed by atoms with E-state index < -0.39 is 0 Å². The Morgan fingerprint density at radius 2 is 2.17 bits per heavy atom. The Morgan fingerprint density at radius 1 is 1.39 bits per heavy atom. The highest BCUT2D eigenvalue weighted by atomic mass is 16.4. The number of oxazole rings is 1. The van der Waals surface area contributed by atoms with Crippen LogP contribution in [-0.4, -0.2) is 17.9 Å². The maximum absolute atomic E-state index is 11.9. The minimum absolute atomic E-state index is 0.212. The lowest BCUT2D eigenvalue weighted by atomic mass is 10.2. The SMILES string of the molecule is CNCc1ncc(C(=O)Nc2ccccc2C)o1. The molecule has 0 atom stereocenters. The van der Waals surface area contributed by atoms with Gasteiger partial charge >= 0.3 is 0 Å². The molecular weight excluding hydrogens is 230 g/mol. The van der Waals surface area contributed by atoms with Gasteiger partial charge in [0.05, 0.1) is 12.7 Å². The Bertz CT molecular complexity index is 549. The number of rotatable bonds is 4. The average molecular weight is 245 g/mol. The van der Waals surface area contributed by atoms with Crippen molar-refractivity contribution < 1.29 is 9.21 Å². The van der Waals surface area contributed by atoms with Gasteiger partial charge in [0, 0.05) is 5.69 Å². The van der Waals surface area contributed by atoms with Gasteiger partial charge in [-0.2, -0.15) is 0 Å². The normalized spacial score (nSPS) is 10.3. The van der Waals surface area contributed by atoms with Crippen molar-refractivity contribution in [2.75, 3.05) is 12.4 Å². The maximum Gasteiger partial charge on any atom is 0.293 e. The third kappa shape index (κ3) is 2.75. The molecule has 2 rings (SSSR count). The molecule has 1 aromatic carbocycles. The molecule has 0 unspecified atom stereocenters. The fraction of sp³-hybridized carbons (Fsp3) is 0.231. The van der Waals surface area contributed by atoms with E-state index in [4.69, 9.17) is 4.42 Å². The van der Waals surface area contributed by atoms with E-state index in [1.165, 1.54) is 6.20 Å². The van der Waals surface area contributed by atoms with Crippen molar-refractivity contribution in [2.45, 2.75) is 13.5 Å². The van der Waals surface area contributed by atoms with Crippen LogP contribution in [-0.2, 0) is 6.54 Å². The van der Waals surface area contributed by atoms with Gasteiger partial charge < -0.3 is 15.1 Å². The smallest absolute Gasteiger partial charge is 0.293 e. The number of carbonyl (C=O) groups is 1. The van der Waals surface area contributed by atoms with Crippen molar-refractivity contribution >= 4 is 11.6 Å². The molecule has 0 saturated heterocycles. The molecular formula is C13H15N3O2. The molecule has 0 radical (unpaired) electrons. The highest BCUT2D eigenvalue weighted by molar-refractivity contribution is 6.02. The van der Waals surface area contributed by atoms with Gasteiger partial charge in [-0.3, -0.25) is 4.79 Å². The van der Waals surface area contributed by atoms with E-state index in [1.54, 1.807) is 7.05 Å². The van der Waals surface area contributed by atoms with E-state index >= 15 is 0 Å². The molecule has 5 nitrogen and oxygen atoms in total. The van der Waals surface area contributed by atoms with Crippen molar-refractivity contribution in [3.05, 3.63) is 47.7 Å². The van der Waals surface area contributed by atoms with Crippen LogP contribution < -0.4 is 10.6 Å². The Balaban J connectivity index is 2.10. The van der Waals surface area contributed by atoms with Crippen LogP contribution in [0.1, 0.15) is 22.0 Å². The molecule has 0 bridgehead atoms. The fourth-order valence-electron chi connectivity index (χ4n) is 1.55. The van der Waals surface area contributed by atoms with E-state index in [0.717, 1.165) is 11.3 Å². The molecule has 2 aromatic rings. The summed E-state index contributed by atoms with van der Waals surface area (Å²) in [7, 11) is 1.79. The number of nitrogens with one attached hydrogen (secondary N) is 2. The quantitative estimate of drug-likeness (QED) is 0.864. The van der Waals surface area contributed by atoms with E-state index in [-0.39, 0.29) is 11.7 Å². The van der Waals surface area contributed by atoms with Gasteiger partial charge in [0.2, 0.25) is 11.7 Å². The predicted molar refractivity (Wildman–Crippen MR) is 68.4 cm³/mol. The summed E-state index contributed by atoms with van der Waals surface area (Å²) in [5.74, 6) is 0.412. The zero-order valence-electron chi connectivity index (χ0n) is 10.4. The monoisotopic (exact) mass is 245 g/mol. The van der Waals surface area contributed by atoms with Gasteiger partial charge in [-0.1, -0.05) is 18.2 Å². The van der Waals surface area contributed by atoms with E-state index in [0.29, 0.717) is 12.4 Å². The van der Waals surface area contributed by atoms with Crippen LogP contribution >= 0.6 is 0 Å². The molecule has 0 saturated carbocycles. The number of para-hydroxylation sites is 1. The van der Waals surface area contributed by atoms with Crippen LogP contribution in [0.25, 0.3) is 0 Å². The van der Waals surface area contributed by atoms with Crippen molar-refractivity contribution in [1.82, 2.24) is 10.3 Å². The second-order valence-electron chi connectivity index (χ2n) is 3.92. The van der Waals surface area contributed by atoms with Crippen LogP contribution in [0, 0.1) is 6.92 Å². The summed E-state index contributed by atoms with van der Waals surface area (Å²) in [6.45, 7) is 2.43. The number of aryl methyl sites for hydroxylation is 1. The minimum Gasteiger partial charge on any atom is -0.434 e. The summed E-state index contributed by atoms with van der Waals surface area (Å²) in [5, 5.41) is 5.70. The number of anilines is 1. The molecule has 94 valence electrons. The molecule has 0 aliphatic heterocycles. The molecule has 18 heavy (non-hydrogen) atoms. The first-order valence-corrected chi connectivity index (χ1v) is 5.67. The molecule has 0 aliphatic rings. The van der Waals surface area contributed by atoms with E-state index in [2.05, 4.69) is 15.6 Å². The third-order valence-corrected chi connectivity index (χ3v) is 2.50. The first-order chi connectivity index (χ1) is 8.70. The van der Waals surface area contributed by atoms with Gasteiger partial charge in [-0.05, 0) is 25.6 Å². The molecule has 1 amide bonds. The Morgan fingerprint density at radius 3 is 2.89 bits per heavy atom. The average Bonchev–Trinajstić information content (AvgIpc) is 2.81. The van der Waals surface area contributed by atoms with Crippen molar-refractivity contribution in [3.63, 3.8) is 0 Å². The lowest BCUT2D eigenvalue weighted by Gasteiger charge is -2.05. The molecule has 5 heteroatoms. The van der Waals surface area contributed by atoms with Crippen LogP contribution in [0.15, 0.2) is 34.9 Å². The topological polar surface area (TPSA) is 67.2 Å². The van der Waals surface area contributed by atoms with Gasteiger partial charge in [-0.25, -0.2) is 4.98 Å². The molecule has 0 aliphatic carbocycles. The summed E-state index contributed by atoms with van der Waals surface area (Å²) in [5.41, 5.74) is 1.77. The van der Waals surface area contributed by atoms with Crippen LogP contribution in [0.2, 0.25) is 0 Å². The standard InChI is InChI=1S/C13H15N3O2/c1-9-5-3-4-6-10(9)16-13(17)11-7-15-12(18-11)8-14-2/h3-7,14H,8H2,1-2H3,(H,16,17). The minimum atomic E-state index is -0.292. The number of benzene rings is 1. The van der Waals surface area contributed by atoms with Crippen molar-refractivity contribution in [2.24, 2.45) is 0 Å². The van der Waals surface area contributed by atoms with Crippen molar-refractivity contribution in [1.29, 1.82) is 0 Å². The lowest BCUT2D eigenvalue weighted by Crippen LogP contribution is -2.11. The number of carbonyl (C=O) groups excluding carboxylic acids is 1. The first kappa shape index (κ1) is 12.3. The second kappa shape index (κ2) is 5.46. The summed E-state index contributed by atoms with van der Waals surface area (Å²) in [6, 6.07) is 7.57. The number of aromatic nitrogens is 1. The number of hydrogen-bond acceptors (Lipinski definition) is 4. The third-order valence-electron chi connectivity index (χ3n) is 2.50. The number of nitrogens with zero attached hydrogens (tertiary/aromatic N) is 1. The summed E-state index contributed by atoms with van der Waals surface area (Å²) in [4.78, 5) is 15.9. The van der Waals surface area contributed by atoms with Crippen LogP contribution in [0.4, 0.5) is 5.69 Å². The molecule has 2 N–H and O–H groups in total. The Hall–Kier alpha value is -2.14. The van der Waals surface area contributed by atoms with Gasteiger partial charge in [-0.15, -0.1) is 0 Å². The predicted octanol–water partition coefficient (Wildman–Crippen LogP) is 1.95. The lowest BCUT2D eigenvalue weighted by molar-refractivity contribution is 0.0994. The highest BCUT2D eigenvalue weighted by Gasteiger charge is 2.12. The Labute approximate surface area is 105 Å². The highest BCUT2D eigenvalue weighted by Crippen LogP contribution is 2.15. The van der Waals surface area contributed by atoms with E-state index in [9.17, 15) is 4.79 Å². The maximum atomic E-state index is 11.9. The molecule has 0 spiro atoms. The second-order valence-corrected chi connectivity index (χ2v) is 3.92. The summed E-state index contributed by atoms with van der Waals surface area (Å²) in [6.07, 6.45) is 1.43. The summed E-state index contributed by atoms with van der Waals surface area (Å²) >= 11 is 0. The van der Waals surface area contributed by atoms with Gasteiger partial charge in [0.1, 0.15) is 0 Å². The Kier molecular flexibility index (Phi) is 3.74. The molecule has 1 heterocycles. The molecule has 0 fully saturated rings. The number of hydrogen-bond donors (Lipinski definition) is 2. The first-order valence-electron chi connectivity index (χ1n) is 5.67. The van der Waals surface area contributed by atoms with Gasteiger partial charge in [0.25, 0.3) is 5.91 Å². The molecule has 1 aromatic heterocycles. The van der Waals surface area contributed by atoms with Crippen molar-refractivity contribution in [3.8, 4) is 0 Å².